The molecule has 0 saturated heterocycles. The first-order valence-electron chi connectivity index (χ1n) is 6.26. The largest absolute Gasteiger partial charge is 0.321 e. The highest BCUT2D eigenvalue weighted by atomic mass is 127. The standard InChI is InChI=1S/C16H10ClIN2O/c17-15-13-7-2-1-4-10(13)8-14(20-15)16(21)19-12-6-3-5-11(18)9-12/h1-9H,(H,19,21). The molecule has 1 aromatic heterocycles. The van der Waals surface area contributed by atoms with Crippen molar-refractivity contribution in [2.24, 2.45) is 0 Å². The van der Waals surface area contributed by atoms with Crippen molar-refractivity contribution >= 4 is 56.6 Å². The maximum Gasteiger partial charge on any atom is 0.274 e. The van der Waals surface area contributed by atoms with Crippen LogP contribution in [0.5, 0.6) is 0 Å². The third-order valence-electron chi connectivity index (χ3n) is 3.01. The molecule has 1 N–H and O–H groups in total. The van der Waals surface area contributed by atoms with E-state index in [9.17, 15) is 4.79 Å². The molecule has 0 atom stereocenters. The van der Waals surface area contributed by atoms with Crippen LogP contribution in [0.4, 0.5) is 5.69 Å². The summed E-state index contributed by atoms with van der Waals surface area (Å²) in [7, 11) is 0. The van der Waals surface area contributed by atoms with Gasteiger partial charge in [0.2, 0.25) is 0 Å². The lowest BCUT2D eigenvalue weighted by molar-refractivity contribution is 0.102. The van der Waals surface area contributed by atoms with Gasteiger partial charge in [-0.1, -0.05) is 41.9 Å². The number of benzene rings is 2. The van der Waals surface area contributed by atoms with Crippen molar-refractivity contribution in [2.75, 3.05) is 5.32 Å². The number of rotatable bonds is 2. The summed E-state index contributed by atoms with van der Waals surface area (Å²) >= 11 is 8.34. The minimum Gasteiger partial charge on any atom is -0.321 e. The van der Waals surface area contributed by atoms with Gasteiger partial charge in [-0.25, -0.2) is 4.98 Å². The predicted molar refractivity (Wildman–Crippen MR) is 93.9 cm³/mol. The van der Waals surface area contributed by atoms with Crippen LogP contribution in [0, 0.1) is 3.57 Å². The Morgan fingerprint density at radius 2 is 1.90 bits per heavy atom. The number of halogens is 2. The molecular formula is C16H10ClIN2O. The van der Waals surface area contributed by atoms with E-state index < -0.39 is 0 Å². The van der Waals surface area contributed by atoms with Gasteiger partial charge < -0.3 is 5.32 Å². The van der Waals surface area contributed by atoms with Crippen molar-refractivity contribution in [3.63, 3.8) is 0 Å². The van der Waals surface area contributed by atoms with Crippen LogP contribution in [0.2, 0.25) is 5.15 Å². The van der Waals surface area contributed by atoms with Gasteiger partial charge in [-0.2, -0.15) is 0 Å². The zero-order valence-corrected chi connectivity index (χ0v) is 13.7. The SMILES string of the molecule is O=C(Nc1cccc(I)c1)c1cc2ccccc2c(Cl)n1. The lowest BCUT2D eigenvalue weighted by Gasteiger charge is -2.07. The summed E-state index contributed by atoms with van der Waals surface area (Å²) in [5.74, 6) is -0.273. The molecule has 1 heterocycles. The molecule has 3 rings (SSSR count). The van der Waals surface area contributed by atoms with E-state index in [0.717, 1.165) is 20.0 Å². The first-order chi connectivity index (χ1) is 10.1. The number of amides is 1. The topological polar surface area (TPSA) is 42.0 Å². The molecule has 0 aliphatic heterocycles. The molecule has 0 radical (unpaired) electrons. The van der Waals surface area contributed by atoms with Crippen molar-refractivity contribution in [2.45, 2.75) is 0 Å². The molecule has 1 amide bonds. The van der Waals surface area contributed by atoms with Gasteiger partial charge in [-0.05, 0) is 52.2 Å². The molecule has 3 aromatic rings. The molecule has 0 unspecified atom stereocenters. The van der Waals surface area contributed by atoms with E-state index >= 15 is 0 Å². The molecule has 0 aliphatic carbocycles. The van der Waals surface area contributed by atoms with E-state index in [1.807, 2.05) is 48.5 Å². The predicted octanol–water partition coefficient (Wildman–Crippen LogP) is 4.75. The number of nitrogens with one attached hydrogen (secondary N) is 1. The minimum atomic E-state index is -0.273. The van der Waals surface area contributed by atoms with Gasteiger partial charge >= 0.3 is 0 Å². The van der Waals surface area contributed by atoms with Gasteiger partial charge in [0.25, 0.3) is 5.91 Å². The summed E-state index contributed by atoms with van der Waals surface area (Å²) in [6, 6.07) is 16.9. The molecule has 104 valence electrons. The molecule has 0 fully saturated rings. The summed E-state index contributed by atoms with van der Waals surface area (Å²) < 4.78 is 1.05. The van der Waals surface area contributed by atoms with Crippen molar-refractivity contribution < 1.29 is 4.79 Å². The molecule has 0 bridgehead atoms. The fourth-order valence-corrected chi connectivity index (χ4v) is 2.84. The van der Waals surface area contributed by atoms with E-state index in [-0.39, 0.29) is 5.91 Å². The van der Waals surface area contributed by atoms with Crippen LogP contribution in [0.25, 0.3) is 10.8 Å². The van der Waals surface area contributed by atoms with Crippen LogP contribution < -0.4 is 5.32 Å². The second-order valence-electron chi connectivity index (χ2n) is 4.48. The third kappa shape index (κ3) is 3.16. The van der Waals surface area contributed by atoms with Gasteiger partial charge in [0.1, 0.15) is 10.8 Å². The number of anilines is 1. The maximum atomic E-state index is 12.3. The number of aromatic nitrogens is 1. The molecule has 0 aliphatic rings. The Bertz CT molecular complexity index is 835. The maximum absolute atomic E-state index is 12.3. The summed E-state index contributed by atoms with van der Waals surface area (Å²) in [6.07, 6.45) is 0. The average molecular weight is 409 g/mol. The summed E-state index contributed by atoms with van der Waals surface area (Å²) in [4.78, 5) is 16.5. The molecule has 0 spiro atoms. The Labute approximate surface area is 140 Å². The van der Waals surface area contributed by atoms with Crippen molar-refractivity contribution in [3.8, 4) is 0 Å². The van der Waals surface area contributed by atoms with E-state index in [4.69, 9.17) is 11.6 Å². The first-order valence-corrected chi connectivity index (χ1v) is 7.71. The number of hydrogen-bond acceptors (Lipinski definition) is 2. The Kier molecular flexibility index (Phi) is 4.07. The molecule has 0 saturated carbocycles. The van der Waals surface area contributed by atoms with Crippen LogP contribution in [0.1, 0.15) is 10.5 Å². The smallest absolute Gasteiger partial charge is 0.274 e. The van der Waals surface area contributed by atoms with E-state index in [0.29, 0.717) is 10.8 Å². The average Bonchev–Trinajstić information content (AvgIpc) is 2.47. The van der Waals surface area contributed by atoms with Crippen LogP contribution in [0.15, 0.2) is 54.6 Å². The van der Waals surface area contributed by atoms with Gasteiger partial charge in [0.15, 0.2) is 0 Å². The van der Waals surface area contributed by atoms with Gasteiger partial charge in [0.05, 0.1) is 0 Å². The number of fused-ring (bicyclic) bond motifs is 1. The van der Waals surface area contributed by atoms with Crippen LogP contribution in [0.3, 0.4) is 0 Å². The van der Waals surface area contributed by atoms with E-state index in [1.165, 1.54) is 0 Å². The fourth-order valence-electron chi connectivity index (χ4n) is 2.03. The highest BCUT2D eigenvalue weighted by Gasteiger charge is 2.11. The number of nitrogens with zero attached hydrogens (tertiary/aromatic N) is 1. The number of carbonyl (C=O) groups excluding carboxylic acids is 1. The zero-order chi connectivity index (χ0) is 14.8. The number of pyridine rings is 1. The van der Waals surface area contributed by atoms with Crippen molar-refractivity contribution in [1.82, 2.24) is 4.98 Å². The summed E-state index contributed by atoms with van der Waals surface area (Å²) in [6.45, 7) is 0. The van der Waals surface area contributed by atoms with Crippen LogP contribution >= 0.6 is 34.2 Å². The lowest BCUT2D eigenvalue weighted by atomic mass is 10.1. The molecule has 2 aromatic carbocycles. The van der Waals surface area contributed by atoms with Gasteiger partial charge in [-0.3, -0.25) is 4.79 Å². The molecule has 5 heteroatoms. The first kappa shape index (κ1) is 14.3. The second-order valence-corrected chi connectivity index (χ2v) is 6.09. The quantitative estimate of drug-likeness (QED) is 0.491. The summed E-state index contributed by atoms with van der Waals surface area (Å²) in [5.41, 5.74) is 1.04. The van der Waals surface area contributed by atoms with Crippen LogP contribution in [-0.4, -0.2) is 10.9 Å². The Morgan fingerprint density at radius 3 is 2.71 bits per heavy atom. The Balaban J connectivity index is 1.94. The van der Waals surface area contributed by atoms with Gasteiger partial charge in [0, 0.05) is 14.6 Å². The highest BCUT2D eigenvalue weighted by molar-refractivity contribution is 14.1. The lowest BCUT2D eigenvalue weighted by Crippen LogP contribution is -2.13. The Morgan fingerprint density at radius 1 is 1.10 bits per heavy atom. The molecule has 3 nitrogen and oxygen atoms in total. The van der Waals surface area contributed by atoms with E-state index in [2.05, 4.69) is 32.9 Å². The summed E-state index contributed by atoms with van der Waals surface area (Å²) in [5, 5.41) is 4.89. The number of hydrogen-bond donors (Lipinski definition) is 1. The fraction of sp³-hybridized carbons (Fsp3) is 0. The van der Waals surface area contributed by atoms with E-state index in [1.54, 1.807) is 6.07 Å². The minimum absolute atomic E-state index is 0.273. The van der Waals surface area contributed by atoms with Crippen LogP contribution in [-0.2, 0) is 0 Å². The zero-order valence-electron chi connectivity index (χ0n) is 10.8. The normalized spacial score (nSPS) is 10.6. The molecular weight excluding hydrogens is 399 g/mol. The van der Waals surface area contributed by atoms with Gasteiger partial charge in [-0.15, -0.1) is 0 Å². The monoisotopic (exact) mass is 408 g/mol. The highest BCUT2D eigenvalue weighted by Crippen LogP contribution is 2.23. The Hall–Kier alpha value is -1.66. The molecule has 21 heavy (non-hydrogen) atoms. The second kappa shape index (κ2) is 5.99. The van der Waals surface area contributed by atoms with Crippen molar-refractivity contribution in [1.29, 1.82) is 0 Å². The number of carbonyl (C=O) groups is 1. The van der Waals surface area contributed by atoms with Crippen molar-refractivity contribution in [3.05, 3.63) is 69.0 Å². The third-order valence-corrected chi connectivity index (χ3v) is 3.97.